The molecule has 0 aliphatic rings. The fourth-order valence-electron chi connectivity index (χ4n) is 5.03. The molecule has 2 aromatic carbocycles. The number of unbranched alkanes of at least 4 members (excludes halogenated alkanes) is 2. The summed E-state index contributed by atoms with van der Waals surface area (Å²) < 4.78 is 20.6. The summed E-state index contributed by atoms with van der Waals surface area (Å²) in [7, 11) is 0. The van der Waals surface area contributed by atoms with Crippen LogP contribution in [0.3, 0.4) is 0 Å². The van der Waals surface area contributed by atoms with Crippen LogP contribution in [0.2, 0.25) is 0 Å². The van der Waals surface area contributed by atoms with E-state index in [-0.39, 0.29) is 11.9 Å². The molecule has 4 rings (SSSR count). The lowest BCUT2D eigenvalue weighted by Crippen LogP contribution is -2.32. The van der Waals surface area contributed by atoms with E-state index in [4.69, 9.17) is 14.7 Å². The number of benzene rings is 2. The smallest absolute Gasteiger partial charge is 0.223 e. The molecule has 2 unspecified atom stereocenters. The summed E-state index contributed by atoms with van der Waals surface area (Å²) >= 11 is 0. The molecule has 0 radical (unpaired) electrons. The number of halogens is 1. The predicted molar refractivity (Wildman–Crippen MR) is 160 cm³/mol. The number of aromatic nitrogens is 4. The van der Waals surface area contributed by atoms with Gasteiger partial charge in [-0.2, -0.15) is 0 Å². The second-order valence-corrected chi connectivity index (χ2v) is 10.4. The first-order valence-electron chi connectivity index (χ1n) is 14.6. The average molecular weight is 544 g/mol. The van der Waals surface area contributed by atoms with Gasteiger partial charge in [-0.25, -0.2) is 19.3 Å². The molecule has 0 fully saturated rings. The molecule has 2 atom stereocenters. The van der Waals surface area contributed by atoms with E-state index in [1.54, 1.807) is 18.3 Å². The molecule has 212 valence electrons. The van der Waals surface area contributed by atoms with Crippen molar-refractivity contribution in [2.24, 2.45) is 0 Å². The number of aromatic amines is 1. The first-order chi connectivity index (χ1) is 19.5. The second-order valence-electron chi connectivity index (χ2n) is 10.4. The van der Waals surface area contributed by atoms with E-state index in [0.717, 1.165) is 73.3 Å². The maximum absolute atomic E-state index is 13.9. The number of anilines is 1. The van der Waals surface area contributed by atoms with Crippen LogP contribution in [0.4, 0.5) is 10.3 Å². The van der Waals surface area contributed by atoms with E-state index in [1.807, 2.05) is 24.3 Å². The maximum Gasteiger partial charge on any atom is 0.223 e. The summed E-state index contributed by atoms with van der Waals surface area (Å²) in [6, 6.07) is 18.6. The van der Waals surface area contributed by atoms with Crippen molar-refractivity contribution in [2.45, 2.75) is 84.3 Å². The Balaban J connectivity index is 1.78. The minimum atomic E-state index is -0.525. The molecule has 2 N–H and O–H groups in total. The zero-order valence-corrected chi connectivity index (χ0v) is 24.2. The van der Waals surface area contributed by atoms with Gasteiger partial charge in [0.15, 0.2) is 0 Å². The first kappa shape index (κ1) is 29.4. The van der Waals surface area contributed by atoms with Crippen LogP contribution in [-0.2, 0) is 10.3 Å². The highest BCUT2D eigenvalue weighted by atomic mass is 19.1. The lowest BCUT2D eigenvalue weighted by atomic mass is 9.90. The first-order valence-corrected chi connectivity index (χ1v) is 14.6. The molecule has 6 nitrogen and oxygen atoms in total. The van der Waals surface area contributed by atoms with E-state index in [1.165, 1.54) is 12.1 Å². The molecule has 0 aliphatic heterocycles. The SMILES string of the molecule is CCCCOC(CCC)(CCCC)c1nc(-c2ccc(F)cc2)c(-c2ccnc(NC(C)c3ccccc3)n2)[nH]1. The third-order valence-electron chi connectivity index (χ3n) is 7.27. The van der Waals surface area contributed by atoms with Gasteiger partial charge in [0.05, 0.1) is 23.1 Å². The summed E-state index contributed by atoms with van der Waals surface area (Å²) in [5.41, 5.74) is 3.66. The van der Waals surface area contributed by atoms with E-state index >= 15 is 0 Å². The number of H-pyrrole nitrogens is 1. The third-order valence-corrected chi connectivity index (χ3v) is 7.27. The lowest BCUT2D eigenvalue weighted by molar-refractivity contribution is -0.0720. The quantitative estimate of drug-likeness (QED) is 0.146. The normalized spacial score (nSPS) is 13.6. The molecule has 2 aromatic heterocycles. The van der Waals surface area contributed by atoms with E-state index in [0.29, 0.717) is 18.2 Å². The van der Waals surface area contributed by atoms with Gasteiger partial charge < -0.3 is 15.0 Å². The van der Waals surface area contributed by atoms with Crippen molar-refractivity contribution in [1.29, 1.82) is 0 Å². The summed E-state index contributed by atoms with van der Waals surface area (Å²) in [4.78, 5) is 18.2. The zero-order chi connectivity index (χ0) is 28.4. The van der Waals surface area contributed by atoms with Crippen LogP contribution < -0.4 is 5.32 Å². The van der Waals surface area contributed by atoms with Crippen molar-refractivity contribution in [2.75, 3.05) is 11.9 Å². The molecule has 0 bridgehead atoms. The zero-order valence-electron chi connectivity index (χ0n) is 24.2. The lowest BCUT2D eigenvalue weighted by Gasteiger charge is -2.32. The van der Waals surface area contributed by atoms with Crippen molar-refractivity contribution in [3.05, 3.63) is 84.1 Å². The van der Waals surface area contributed by atoms with Crippen molar-refractivity contribution in [3.8, 4) is 22.6 Å². The topological polar surface area (TPSA) is 75.7 Å². The highest BCUT2D eigenvalue weighted by Gasteiger charge is 2.36. The third kappa shape index (κ3) is 7.13. The van der Waals surface area contributed by atoms with Crippen LogP contribution in [0.5, 0.6) is 0 Å². The number of rotatable bonds is 15. The van der Waals surface area contributed by atoms with Crippen molar-refractivity contribution in [3.63, 3.8) is 0 Å². The van der Waals surface area contributed by atoms with Gasteiger partial charge in [0.1, 0.15) is 17.2 Å². The largest absolute Gasteiger partial charge is 0.367 e. The summed E-state index contributed by atoms with van der Waals surface area (Å²) in [5.74, 6) is 1.05. The fourth-order valence-corrected chi connectivity index (χ4v) is 5.03. The van der Waals surface area contributed by atoms with E-state index in [9.17, 15) is 4.39 Å². The molecule has 0 spiro atoms. The Labute approximate surface area is 237 Å². The highest BCUT2D eigenvalue weighted by Crippen LogP contribution is 2.39. The van der Waals surface area contributed by atoms with Crippen LogP contribution in [-0.4, -0.2) is 26.5 Å². The Morgan fingerprint density at radius 2 is 1.65 bits per heavy atom. The van der Waals surface area contributed by atoms with Gasteiger partial charge in [-0.15, -0.1) is 0 Å². The maximum atomic E-state index is 13.9. The van der Waals surface area contributed by atoms with Gasteiger partial charge in [0.25, 0.3) is 0 Å². The Morgan fingerprint density at radius 3 is 2.35 bits per heavy atom. The Kier molecular flexibility index (Phi) is 10.4. The Hall–Kier alpha value is -3.58. The number of imidazole rings is 1. The number of nitrogens with one attached hydrogen (secondary N) is 2. The Morgan fingerprint density at radius 1 is 0.900 bits per heavy atom. The average Bonchev–Trinajstić information content (AvgIpc) is 3.43. The van der Waals surface area contributed by atoms with Gasteiger partial charge in [0, 0.05) is 18.4 Å². The van der Waals surface area contributed by atoms with Gasteiger partial charge in [0.2, 0.25) is 5.95 Å². The summed E-state index contributed by atoms with van der Waals surface area (Å²) in [6.07, 6.45) is 8.63. The molecular formula is C33H42FN5O. The molecule has 0 saturated heterocycles. The van der Waals surface area contributed by atoms with Crippen molar-refractivity contribution in [1.82, 2.24) is 19.9 Å². The van der Waals surface area contributed by atoms with Crippen LogP contribution in [0.1, 0.15) is 90.1 Å². The van der Waals surface area contributed by atoms with Crippen molar-refractivity contribution < 1.29 is 9.13 Å². The molecule has 0 saturated carbocycles. The highest BCUT2D eigenvalue weighted by molar-refractivity contribution is 5.77. The molecule has 0 amide bonds. The molecule has 7 heteroatoms. The standard InChI is InChI=1S/C33H42FN5O/c1-5-8-21-33(20-7-3,40-23-9-6-2)31-38-29(26-15-17-27(34)18-16-26)30(39-31)28-19-22-35-32(37-28)36-24(4)25-13-11-10-12-14-25/h10-19,22,24H,5-9,20-21,23H2,1-4H3,(H,38,39)(H,35,36,37). The number of hydrogen-bond acceptors (Lipinski definition) is 5. The molecule has 4 aromatic rings. The van der Waals surface area contributed by atoms with Crippen LogP contribution in [0.25, 0.3) is 22.6 Å². The van der Waals surface area contributed by atoms with Gasteiger partial charge in [-0.3, -0.25) is 0 Å². The van der Waals surface area contributed by atoms with Gasteiger partial charge >= 0.3 is 0 Å². The number of nitrogens with zero attached hydrogens (tertiary/aromatic N) is 3. The Bertz CT molecular complexity index is 1320. The summed E-state index contributed by atoms with van der Waals surface area (Å²) in [6.45, 7) is 9.33. The van der Waals surface area contributed by atoms with Crippen LogP contribution in [0, 0.1) is 5.82 Å². The van der Waals surface area contributed by atoms with E-state index < -0.39 is 5.60 Å². The van der Waals surface area contributed by atoms with Crippen LogP contribution >= 0.6 is 0 Å². The summed E-state index contributed by atoms with van der Waals surface area (Å²) in [5, 5.41) is 3.42. The molecule has 40 heavy (non-hydrogen) atoms. The molecule has 2 heterocycles. The molecular weight excluding hydrogens is 501 g/mol. The van der Waals surface area contributed by atoms with Crippen LogP contribution in [0.15, 0.2) is 66.9 Å². The monoisotopic (exact) mass is 543 g/mol. The minimum absolute atomic E-state index is 0.0311. The van der Waals surface area contributed by atoms with Crippen molar-refractivity contribution >= 4 is 5.95 Å². The van der Waals surface area contributed by atoms with Gasteiger partial charge in [-0.05, 0) is 62.1 Å². The molecule has 0 aliphatic carbocycles. The number of hydrogen-bond donors (Lipinski definition) is 2. The van der Waals surface area contributed by atoms with Gasteiger partial charge in [-0.1, -0.05) is 76.8 Å². The second kappa shape index (κ2) is 14.2. The fraction of sp³-hybridized carbons (Fsp3) is 0.424. The number of ether oxygens (including phenoxy) is 1. The van der Waals surface area contributed by atoms with E-state index in [2.05, 4.69) is 55.1 Å². The minimum Gasteiger partial charge on any atom is -0.367 e. The predicted octanol–water partition coefficient (Wildman–Crippen LogP) is 8.85.